The third-order valence-corrected chi connectivity index (χ3v) is 3.11. The highest BCUT2D eigenvalue weighted by molar-refractivity contribution is 9.10. The predicted octanol–water partition coefficient (Wildman–Crippen LogP) is 3.36. The third-order valence-electron chi connectivity index (χ3n) is 2.29. The van der Waals surface area contributed by atoms with Gasteiger partial charge in [0.1, 0.15) is 10.8 Å². The van der Waals surface area contributed by atoms with E-state index < -0.39 is 0 Å². The van der Waals surface area contributed by atoms with Crippen LogP contribution in [0.2, 0.25) is 0 Å². The van der Waals surface area contributed by atoms with Crippen LogP contribution in [0.25, 0.3) is 0 Å². The van der Waals surface area contributed by atoms with E-state index >= 15 is 0 Å². The highest BCUT2D eigenvalue weighted by atomic mass is 79.9. The topological polar surface area (TPSA) is 50.9 Å². The van der Waals surface area contributed by atoms with Crippen molar-refractivity contribution >= 4 is 44.5 Å². The minimum atomic E-state index is -0.318. The molecule has 0 aliphatic heterocycles. The molecule has 3 nitrogen and oxygen atoms in total. The first kappa shape index (κ1) is 12.9. The van der Waals surface area contributed by atoms with Gasteiger partial charge in [-0.2, -0.15) is 0 Å². The van der Waals surface area contributed by atoms with Gasteiger partial charge in [0.05, 0.1) is 16.4 Å². The number of thiocarbonyl (C=S) groups is 1. The number of nitrogens with zero attached hydrogens (tertiary/aromatic N) is 1. The fourth-order valence-electron chi connectivity index (χ4n) is 1.44. The highest BCUT2D eigenvalue weighted by Crippen LogP contribution is 2.24. The fraction of sp³-hybridized carbons (Fsp3) is 0. The van der Waals surface area contributed by atoms with Crippen LogP contribution in [0.3, 0.4) is 0 Å². The normalized spacial score (nSPS) is 10.1. The average Bonchev–Trinajstić information content (AvgIpc) is 2.34. The summed E-state index contributed by atoms with van der Waals surface area (Å²) < 4.78 is 13.5. The van der Waals surface area contributed by atoms with E-state index in [9.17, 15) is 4.39 Å². The van der Waals surface area contributed by atoms with Crippen molar-refractivity contribution in [3.63, 3.8) is 0 Å². The largest absolute Gasteiger partial charge is 0.389 e. The van der Waals surface area contributed by atoms with Crippen LogP contribution in [0.15, 0.2) is 41.1 Å². The number of hydrogen-bond acceptors (Lipinski definition) is 3. The minimum absolute atomic E-state index is 0.279. The summed E-state index contributed by atoms with van der Waals surface area (Å²) in [5.41, 5.74) is 7.71. The SMILES string of the molecule is NC(=S)c1ccncc1Nc1ccc(F)c(Br)c1. The number of pyridine rings is 1. The molecule has 1 aromatic carbocycles. The van der Waals surface area contributed by atoms with Gasteiger partial charge in [-0.15, -0.1) is 0 Å². The maximum atomic E-state index is 13.1. The van der Waals surface area contributed by atoms with Crippen LogP contribution in [0.4, 0.5) is 15.8 Å². The van der Waals surface area contributed by atoms with E-state index in [-0.39, 0.29) is 10.8 Å². The van der Waals surface area contributed by atoms with Crippen molar-refractivity contribution in [3.05, 3.63) is 52.5 Å². The Bertz CT molecular complexity index is 604. The van der Waals surface area contributed by atoms with E-state index in [0.29, 0.717) is 21.4 Å². The van der Waals surface area contributed by atoms with Crippen molar-refractivity contribution in [1.29, 1.82) is 0 Å². The zero-order valence-corrected chi connectivity index (χ0v) is 11.6. The summed E-state index contributed by atoms with van der Waals surface area (Å²) in [5.74, 6) is -0.318. The molecule has 2 aromatic rings. The van der Waals surface area contributed by atoms with E-state index in [2.05, 4.69) is 26.2 Å². The van der Waals surface area contributed by atoms with E-state index in [1.807, 2.05) is 0 Å². The molecule has 0 aliphatic carbocycles. The Morgan fingerprint density at radius 3 is 2.83 bits per heavy atom. The number of halogens is 2. The molecule has 0 fully saturated rings. The maximum absolute atomic E-state index is 13.1. The number of hydrogen-bond donors (Lipinski definition) is 2. The first-order chi connectivity index (χ1) is 8.58. The average molecular weight is 326 g/mol. The summed E-state index contributed by atoms with van der Waals surface area (Å²) >= 11 is 8.08. The van der Waals surface area contributed by atoms with Crippen LogP contribution in [0, 0.1) is 5.82 Å². The molecule has 0 radical (unpaired) electrons. The lowest BCUT2D eigenvalue weighted by Gasteiger charge is -2.10. The van der Waals surface area contributed by atoms with Crippen molar-refractivity contribution in [1.82, 2.24) is 4.98 Å². The molecule has 0 saturated carbocycles. The summed E-state index contributed by atoms with van der Waals surface area (Å²) in [6, 6.07) is 6.34. The molecule has 0 atom stereocenters. The predicted molar refractivity (Wildman–Crippen MR) is 77.5 cm³/mol. The molecular formula is C12H9BrFN3S. The number of rotatable bonds is 3. The lowest BCUT2D eigenvalue weighted by atomic mass is 10.2. The third kappa shape index (κ3) is 2.83. The van der Waals surface area contributed by atoms with Gasteiger partial charge in [0.2, 0.25) is 0 Å². The molecule has 0 saturated heterocycles. The molecule has 0 aliphatic rings. The van der Waals surface area contributed by atoms with Gasteiger partial charge in [0, 0.05) is 17.4 Å². The number of anilines is 2. The standard InChI is InChI=1S/C12H9BrFN3S/c13-9-5-7(1-2-10(9)14)17-11-6-16-4-3-8(11)12(15)18/h1-6,17H,(H2,15,18). The molecule has 0 bridgehead atoms. The molecule has 1 aromatic heterocycles. The van der Waals surface area contributed by atoms with E-state index in [1.165, 1.54) is 6.07 Å². The molecule has 2 rings (SSSR count). The second-order valence-corrected chi connectivity index (χ2v) is 4.83. The first-order valence-electron chi connectivity index (χ1n) is 5.04. The Balaban J connectivity index is 2.34. The lowest BCUT2D eigenvalue weighted by Crippen LogP contribution is -2.12. The molecule has 1 heterocycles. The van der Waals surface area contributed by atoms with Gasteiger partial charge in [-0.3, -0.25) is 4.98 Å². The van der Waals surface area contributed by atoms with E-state index in [1.54, 1.807) is 30.6 Å². The number of nitrogens with two attached hydrogens (primary N) is 1. The summed E-state index contributed by atoms with van der Waals surface area (Å²) in [4.78, 5) is 4.28. The van der Waals surface area contributed by atoms with Gasteiger partial charge < -0.3 is 11.1 Å². The molecule has 18 heavy (non-hydrogen) atoms. The van der Waals surface area contributed by atoms with E-state index in [4.69, 9.17) is 18.0 Å². The van der Waals surface area contributed by atoms with Crippen LogP contribution < -0.4 is 11.1 Å². The minimum Gasteiger partial charge on any atom is -0.389 e. The second-order valence-electron chi connectivity index (χ2n) is 3.54. The Morgan fingerprint density at radius 1 is 1.39 bits per heavy atom. The van der Waals surface area contributed by atoms with Crippen molar-refractivity contribution in [2.24, 2.45) is 5.73 Å². The van der Waals surface area contributed by atoms with Gasteiger partial charge in [-0.1, -0.05) is 12.2 Å². The number of benzene rings is 1. The lowest BCUT2D eigenvalue weighted by molar-refractivity contribution is 0.621. The van der Waals surface area contributed by atoms with Crippen LogP contribution >= 0.6 is 28.1 Å². The van der Waals surface area contributed by atoms with Crippen molar-refractivity contribution in [2.75, 3.05) is 5.32 Å². The van der Waals surface area contributed by atoms with Crippen molar-refractivity contribution in [2.45, 2.75) is 0 Å². The van der Waals surface area contributed by atoms with Gasteiger partial charge in [0.15, 0.2) is 0 Å². The van der Waals surface area contributed by atoms with Crippen LogP contribution in [-0.4, -0.2) is 9.97 Å². The Morgan fingerprint density at radius 2 is 2.17 bits per heavy atom. The maximum Gasteiger partial charge on any atom is 0.137 e. The molecule has 0 amide bonds. The Labute approximate surface area is 117 Å². The molecule has 92 valence electrons. The zero-order valence-electron chi connectivity index (χ0n) is 9.15. The first-order valence-corrected chi connectivity index (χ1v) is 6.24. The van der Waals surface area contributed by atoms with Gasteiger partial charge >= 0.3 is 0 Å². The van der Waals surface area contributed by atoms with Crippen LogP contribution in [0.1, 0.15) is 5.56 Å². The zero-order chi connectivity index (χ0) is 13.1. The summed E-state index contributed by atoms with van der Waals surface area (Å²) in [7, 11) is 0. The molecule has 6 heteroatoms. The molecule has 3 N–H and O–H groups in total. The molecule has 0 spiro atoms. The highest BCUT2D eigenvalue weighted by Gasteiger charge is 2.06. The van der Waals surface area contributed by atoms with Crippen LogP contribution in [0.5, 0.6) is 0 Å². The second kappa shape index (κ2) is 5.41. The van der Waals surface area contributed by atoms with Gasteiger partial charge in [-0.05, 0) is 40.2 Å². The Hall–Kier alpha value is -1.53. The van der Waals surface area contributed by atoms with Crippen molar-refractivity contribution < 1.29 is 4.39 Å². The molecular weight excluding hydrogens is 317 g/mol. The fourth-order valence-corrected chi connectivity index (χ4v) is 2.00. The van der Waals surface area contributed by atoms with Gasteiger partial charge in [-0.25, -0.2) is 4.39 Å². The van der Waals surface area contributed by atoms with Crippen LogP contribution in [-0.2, 0) is 0 Å². The smallest absolute Gasteiger partial charge is 0.137 e. The summed E-state index contributed by atoms with van der Waals surface area (Å²) in [6.07, 6.45) is 3.23. The van der Waals surface area contributed by atoms with Crippen molar-refractivity contribution in [3.8, 4) is 0 Å². The number of nitrogens with one attached hydrogen (secondary N) is 1. The summed E-state index contributed by atoms with van der Waals surface area (Å²) in [5, 5.41) is 3.10. The van der Waals surface area contributed by atoms with E-state index in [0.717, 1.165) is 0 Å². The number of aromatic nitrogens is 1. The summed E-state index contributed by atoms with van der Waals surface area (Å²) in [6.45, 7) is 0. The monoisotopic (exact) mass is 325 g/mol. The Kier molecular flexibility index (Phi) is 3.88. The molecule has 0 unspecified atom stereocenters. The van der Waals surface area contributed by atoms with Gasteiger partial charge in [0.25, 0.3) is 0 Å². The quantitative estimate of drug-likeness (QED) is 0.849.